The summed E-state index contributed by atoms with van der Waals surface area (Å²) >= 11 is 0. The fourth-order valence-electron chi connectivity index (χ4n) is 2.89. The number of ether oxygens (including phenoxy) is 2. The van der Waals surface area contributed by atoms with Gasteiger partial charge in [-0.3, -0.25) is 10.1 Å². The van der Waals surface area contributed by atoms with E-state index in [4.69, 9.17) is 9.47 Å². The van der Waals surface area contributed by atoms with E-state index in [9.17, 15) is 15.2 Å². The third-order valence-electron chi connectivity index (χ3n) is 4.56. The molecule has 0 saturated heterocycles. The summed E-state index contributed by atoms with van der Waals surface area (Å²) in [6, 6.07) is 19.1. The van der Waals surface area contributed by atoms with Crippen LogP contribution >= 0.6 is 0 Å². The Morgan fingerprint density at radius 2 is 1.80 bits per heavy atom. The van der Waals surface area contributed by atoms with Gasteiger partial charge in [-0.1, -0.05) is 42.5 Å². The number of aliphatic hydroxyl groups is 1. The lowest BCUT2D eigenvalue weighted by atomic mass is 10.0. The monoisotopic (exact) mass is 409 g/mol. The van der Waals surface area contributed by atoms with E-state index < -0.39 is 17.1 Å². The molecule has 2 unspecified atom stereocenters. The maximum Gasteiger partial charge on any atom is 0.311 e. The van der Waals surface area contributed by atoms with Crippen molar-refractivity contribution in [1.29, 1.82) is 0 Å². The Hall–Kier alpha value is -3.65. The lowest BCUT2D eigenvalue weighted by Crippen LogP contribution is -2.25. The molecule has 3 rings (SSSR count). The number of aliphatic hydroxyl groups excluding tert-OH is 1. The zero-order valence-electron chi connectivity index (χ0n) is 16.7. The van der Waals surface area contributed by atoms with Gasteiger partial charge in [0.2, 0.25) is 11.7 Å². The van der Waals surface area contributed by atoms with E-state index in [1.54, 1.807) is 31.2 Å². The van der Waals surface area contributed by atoms with E-state index in [-0.39, 0.29) is 17.4 Å². The Bertz CT molecular complexity index is 980. The lowest BCUT2D eigenvalue weighted by Gasteiger charge is -2.21. The normalized spacial score (nSPS) is 12.6. The minimum Gasteiger partial charge on any atom is -0.489 e. The molecule has 1 heterocycles. The molecule has 30 heavy (non-hydrogen) atoms. The minimum atomic E-state index is -0.916. The van der Waals surface area contributed by atoms with Gasteiger partial charge >= 0.3 is 5.69 Å². The van der Waals surface area contributed by atoms with Crippen LogP contribution in [-0.4, -0.2) is 28.2 Å². The van der Waals surface area contributed by atoms with Crippen molar-refractivity contribution in [2.45, 2.75) is 25.7 Å². The molecule has 2 atom stereocenters. The first-order valence-electron chi connectivity index (χ1n) is 9.38. The van der Waals surface area contributed by atoms with Crippen LogP contribution in [0, 0.1) is 10.1 Å². The molecule has 0 saturated carbocycles. The van der Waals surface area contributed by atoms with Crippen LogP contribution in [0.3, 0.4) is 0 Å². The van der Waals surface area contributed by atoms with Gasteiger partial charge in [0.15, 0.2) is 0 Å². The van der Waals surface area contributed by atoms with Gasteiger partial charge in [-0.15, -0.1) is 0 Å². The van der Waals surface area contributed by atoms with Crippen molar-refractivity contribution in [3.63, 3.8) is 0 Å². The van der Waals surface area contributed by atoms with E-state index in [0.29, 0.717) is 17.9 Å². The summed E-state index contributed by atoms with van der Waals surface area (Å²) in [5.74, 6) is 0.957. The number of nitrogens with zero attached hydrogens (tertiary/aromatic N) is 2. The molecule has 0 aliphatic rings. The Labute approximate surface area is 174 Å². The summed E-state index contributed by atoms with van der Waals surface area (Å²) in [7, 11) is 1.43. The third kappa shape index (κ3) is 5.24. The molecule has 8 heteroatoms. The molecule has 0 radical (unpaired) electrons. The van der Waals surface area contributed by atoms with Crippen molar-refractivity contribution in [1.82, 2.24) is 4.98 Å². The summed E-state index contributed by atoms with van der Waals surface area (Å²) in [6.07, 6.45) is -0.916. The summed E-state index contributed by atoms with van der Waals surface area (Å²) < 4.78 is 10.8. The highest BCUT2D eigenvalue weighted by molar-refractivity contribution is 5.57. The third-order valence-corrected chi connectivity index (χ3v) is 4.56. The summed E-state index contributed by atoms with van der Waals surface area (Å²) in [4.78, 5) is 14.8. The molecule has 0 fully saturated rings. The van der Waals surface area contributed by atoms with Crippen molar-refractivity contribution in [3.05, 3.63) is 88.0 Å². The minimum absolute atomic E-state index is 0.0358. The highest BCUT2D eigenvalue weighted by atomic mass is 16.6. The van der Waals surface area contributed by atoms with Gasteiger partial charge in [0.05, 0.1) is 24.2 Å². The number of nitro groups is 1. The zero-order valence-corrected chi connectivity index (χ0v) is 16.7. The largest absolute Gasteiger partial charge is 0.489 e. The van der Waals surface area contributed by atoms with Crippen LogP contribution in [0.15, 0.2) is 66.7 Å². The maximum atomic E-state index is 11.3. The number of benzene rings is 2. The topological polar surface area (TPSA) is 107 Å². The average molecular weight is 409 g/mol. The molecule has 1 aromatic heterocycles. The van der Waals surface area contributed by atoms with E-state index in [0.717, 1.165) is 5.56 Å². The highest BCUT2D eigenvalue weighted by Gasteiger charge is 2.22. The second-order valence-corrected chi connectivity index (χ2v) is 6.70. The predicted octanol–water partition coefficient (Wildman–Crippen LogP) is 4.11. The first-order chi connectivity index (χ1) is 14.5. The Balaban J connectivity index is 1.66. The van der Waals surface area contributed by atoms with E-state index in [2.05, 4.69) is 10.3 Å². The fourth-order valence-corrected chi connectivity index (χ4v) is 2.89. The van der Waals surface area contributed by atoms with Crippen molar-refractivity contribution in [2.75, 3.05) is 12.4 Å². The van der Waals surface area contributed by atoms with Crippen LogP contribution in [0.4, 0.5) is 11.5 Å². The van der Waals surface area contributed by atoms with Crippen molar-refractivity contribution in [3.8, 4) is 11.6 Å². The van der Waals surface area contributed by atoms with Crippen LogP contribution in [0.25, 0.3) is 0 Å². The smallest absolute Gasteiger partial charge is 0.311 e. The van der Waals surface area contributed by atoms with E-state index in [1.807, 2.05) is 30.3 Å². The lowest BCUT2D eigenvalue weighted by molar-refractivity contribution is -0.384. The summed E-state index contributed by atoms with van der Waals surface area (Å²) in [5.41, 5.74) is 1.51. The average Bonchev–Trinajstić information content (AvgIpc) is 2.78. The number of hydrogen-bond acceptors (Lipinski definition) is 7. The van der Waals surface area contributed by atoms with Crippen LogP contribution < -0.4 is 14.8 Å². The predicted molar refractivity (Wildman–Crippen MR) is 113 cm³/mol. The van der Waals surface area contributed by atoms with Gasteiger partial charge in [0, 0.05) is 12.1 Å². The number of aromatic nitrogens is 1. The molecule has 0 aliphatic heterocycles. The van der Waals surface area contributed by atoms with Crippen molar-refractivity contribution < 1.29 is 19.5 Å². The molecule has 0 bridgehead atoms. The summed E-state index contributed by atoms with van der Waals surface area (Å²) in [5, 5.41) is 24.8. The fraction of sp³-hybridized carbons (Fsp3) is 0.227. The van der Waals surface area contributed by atoms with Crippen molar-refractivity contribution in [2.24, 2.45) is 0 Å². The van der Waals surface area contributed by atoms with Crippen LogP contribution in [0.1, 0.15) is 24.2 Å². The molecule has 0 spiro atoms. The standard InChI is InChI=1S/C22H23N3O5/c1-15(23-22-19(25(27)28)12-13-20(24-22)29-2)21(26)17-8-10-18(11-9-17)30-14-16-6-4-3-5-7-16/h3-13,15,21,26H,14H2,1-2H3,(H,23,24). The van der Waals surface area contributed by atoms with Gasteiger partial charge in [-0.05, 0) is 30.2 Å². The van der Waals surface area contributed by atoms with Crippen LogP contribution in [0.2, 0.25) is 0 Å². The molecular weight excluding hydrogens is 386 g/mol. The molecule has 3 aromatic rings. The quantitative estimate of drug-likeness (QED) is 0.404. The number of nitrogens with one attached hydrogen (secondary N) is 1. The Kier molecular flexibility index (Phi) is 6.82. The van der Waals surface area contributed by atoms with Crippen LogP contribution in [-0.2, 0) is 6.61 Å². The first-order valence-corrected chi connectivity index (χ1v) is 9.38. The first kappa shape index (κ1) is 21.1. The SMILES string of the molecule is COc1ccc([N+](=O)[O-])c(NC(C)C(O)c2ccc(OCc3ccccc3)cc2)n1. The molecule has 8 nitrogen and oxygen atoms in total. The maximum absolute atomic E-state index is 11.3. The number of hydrogen-bond donors (Lipinski definition) is 2. The number of anilines is 1. The van der Waals surface area contributed by atoms with Gasteiger partial charge in [0.1, 0.15) is 12.4 Å². The molecule has 2 aromatic carbocycles. The second-order valence-electron chi connectivity index (χ2n) is 6.70. The van der Waals surface area contributed by atoms with Gasteiger partial charge in [0.25, 0.3) is 0 Å². The highest BCUT2D eigenvalue weighted by Crippen LogP contribution is 2.28. The van der Waals surface area contributed by atoms with E-state index >= 15 is 0 Å². The molecule has 2 N–H and O–H groups in total. The molecule has 0 amide bonds. The molecule has 156 valence electrons. The Morgan fingerprint density at radius 3 is 2.43 bits per heavy atom. The Morgan fingerprint density at radius 1 is 1.10 bits per heavy atom. The second kappa shape index (κ2) is 9.71. The number of pyridine rings is 1. The van der Waals surface area contributed by atoms with Crippen molar-refractivity contribution >= 4 is 11.5 Å². The van der Waals surface area contributed by atoms with Crippen LogP contribution in [0.5, 0.6) is 11.6 Å². The van der Waals surface area contributed by atoms with E-state index in [1.165, 1.54) is 19.2 Å². The summed E-state index contributed by atoms with van der Waals surface area (Å²) in [6.45, 7) is 2.17. The number of rotatable bonds is 9. The zero-order chi connectivity index (χ0) is 21.5. The van der Waals surface area contributed by atoms with Gasteiger partial charge in [-0.25, -0.2) is 0 Å². The molecule has 0 aliphatic carbocycles. The van der Waals surface area contributed by atoms with Gasteiger partial charge < -0.3 is 19.9 Å². The van der Waals surface area contributed by atoms with Gasteiger partial charge in [-0.2, -0.15) is 4.98 Å². The molecular formula is C22H23N3O5. The number of methoxy groups -OCH3 is 1.